The highest BCUT2D eigenvalue weighted by Crippen LogP contribution is 2.22. The van der Waals surface area contributed by atoms with Gasteiger partial charge < -0.3 is 25.4 Å². The fourth-order valence-electron chi connectivity index (χ4n) is 4.89. The van der Waals surface area contributed by atoms with Crippen molar-refractivity contribution in [3.8, 4) is 0 Å². The van der Waals surface area contributed by atoms with Crippen LogP contribution in [0.5, 0.6) is 0 Å². The van der Waals surface area contributed by atoms with Gasteiger partial charge in [-0.2, -0.15) is 0 Å². The Labute approximate surface area is 220 Å². The van der Waals surface area contributed by atoms with Crippen molar-refractivity contribution in [1.82, 2.24) is 15.2 Å². The molecule has 2 amide bonds. The van der Waals surface area contributed by atoms with E-state index in [2.05, 4.69) is 22.8 Å². The number of carboxylic acids is 1. The number of piperidine rings is 1. The molecule has 0 radical (unpaired) electrons. The molecule has 0 aromatic carbocycles. The molecule has 1 aromatic rings. The number of rotatable bonds is 11. The molecule has 1 saturated heterocycles. The van der Waals surface area contributed by atoms with Crippen molar-refractivity contribution in [3.05, 3.63) is 23.4 Å². The van der Waals surface area contributed by atoms with Gasteiger partial charge in [0, 0.05) is 31.2 Å². The molecule has 0 aliphatic carbocycles. The van der Waals surface area contributed by atoms with Gasteiger partial charge in [-0.3, -0.25) is 4.79 Å². The number of anilines is 1. The lowest BCUT2D eigenvalue weighted by Gasteiger charge is -2.33. The van der Waals surface area contributed by atoms with Crippen LogP contribution in [0.2, 0.25) is 0 Å². The number of carboxylic acid groups (broad SMARTS) is 1. The summed E-state index contributed by atoms with van der Waals surface area (Å²) in [5, 5.41) is 15.7. The zero-order chi connectivity index (χ0) is 26.8. The number of aromatic nitrogens is 1. The Kier molecular flexibility index (Phi) is 10.6. The molecule has 1 unspecified atom stereocenters. The Morgan fingerprint density at radius 1 is 1.14 bits per heavy atom. The number of nitrogens with zero attached hydrogens (tertiary/aromatic N) is 2. The number of likely N-dealkylation sites (tertiary alicyclic amines) is 1. The van der Waals surface area contributed by atoms with E-state index in [-0.39, 0.29) is 17.9 Å². The van der Waals surface area contributed by atoms with Crippen molar-refractivity contribution in [3.63, 3.8) is 0 Å². The van der Waals surface area contributed by atoms with Crippen LogP contribution >= 0.6 is 0 Å². The van der Waals surface area contributed by atoms with Crippen LogP contribution in [-0.2, 0) is 27.2 Å². The van der Waals surface area contributed by atoms with E-state index >= 15 is 0 Å². The molecule has 3 N–H and O–H groups in total. The van der Waals surface area contributed by atoms with E-state index in [0.717, 1.165) is 69.4 Å². The van der Waals surface area contributed by atoms with Crippen molar-refractivity contribution >= 4 is 23.8 Å². The van der Waals surface area contributed by atoms with Crippen LogP contribution in [0.3, 0.4) is 0 Å². The molecule has 3 rings (SSSR count). The van der Waals surface area contributed by atoms with Gasteiger partial charge in [0.05, 0.1) is 0 Å². The molecule has 2 aliphatic heterocycles. The van der Waals surface area contributed by atoms with Gasteiger partial charge in [0.25, 0.3) is 0 Å². The summed E-state index contributed by atoms with van der Waals surface area (Å²) in [4.78, 5) is 43.0. The van der Waals surface area contributed by atoms with E-state index in [1.54, 1.807) is 4.90 Å². The Morgan fingerprint density at radius 3 is 2.54 bits per heavy atom. The molecular formula is C28H44N4O5. The molecule has 0 spiro atoms. The van der Waals surface area contributed by atoms with Gasteiger partial charge in [0.2, 0.25) is 5.91 Å². The maximum atomic E-state index is 12.7. The molecule has 9 heteroatoms. The lowest BCUT2D eigenvalue weighted by Crippen LogP contribution is -2.48. The summed E-state index contributed by atoms with van der Waals surface area (Å²) in [5.74, 6) is -0.470. The largest absolute Gasteiger partial charge is 0.480 e. The monoisotopic (exact) mass is 516 g/mol. The minimum Gasteiger partial charge on any atom is -0.480 e. The Balaban J connectivity index is 1.30. The van der Waals surface area contributed by atoms with Crippen LogP contribution in [0, 0.1) is 5.92 Å². The summed E-state index contributed by atoms with van der Waals surface area (Å²) in [5.41, 5.74) is 1.87. The van der Waals surface area contributed by atoms with Crippen LogP contribution in [0.15, 0.2) is 12.1 Å². The van der Waals surface area contributed by atoms with Gasteiger partial charge >= 0.3 is 12.1 Å². The molecule has 2 aliphatic rings. The number of fused-ring (bicyclic) bond motifs is 1. The fourth-order valence-corrected chi connectivity index (χ4v) is 4.89. The third-order valence-corrected chi connectivity index (χ3v) is 7.01. The first-order chi connectivity index (χ1) is 17.6. The van der Waals surface area contributed by atoms with E-state index in [4.69, 9.17) is 9.72 Å². The van der Waals surface area contributed by atoms with Crippen molar-refractivity contribution in [2.75, 3.05) is 25.0 Å². The highest BCUT2D eigenvalue weighted by molar-refractivity contribution is 5.85. The standard InChI is InChI=1S/C28H44N4O5/c1-28(2,3)37-27(36)32-18-15-21(16-19-32)25(33)31-23(26(34)35)12-8-6-4-5-7-11-22-14-13-20-10-9-17-29-24(20)30-22/h13-14,21,23H,4-12,15-19H2,1-3H3,(H,29,30)(H,31,33)(H,34,35). The summed E-state index contributed by atoms with van der Waals surface area (Å²) in [6.07, 6.45) is 9.15. The van der Waals surface area contributed by atoms with Crippen LogP contribution < -0.4 is 10.6 Å². The maximum Gasteiger partial charge on any atom is 0.410 e. The van der Waals surface area contributed by atoms with Gasteiger partial charge in [-0.15, -0.1) is 0 Å². The molecule has 9 nitrogen and oxygen atoms in total. The van der Waals surface area contributed by atoms with Gasteiger partial charge in [-0.05, 0) is 77.3 Å². The number of ether oxygens (including phenoxy) is 1. The minimum atomic E-state index is -0.994. The molecule has 0 bridgehead atoms. The Bertz CT molecular complexity index is 922. The molecular weight excluding hydrogens is 472 g/mol. The van der Waals surface area contributed by atoms with Crippen molar-refractivity contribution < 1.29 is 24.2 Å². The van der Waals surface area contributed by atoms with E-state index in [1.165, 1.54) is 5.56 Å². The first-order valence-electron chi connectivity index (χ1n) is 13.9. The summed E-state index contributed by atoms with van der Waals surface area (Å²) in [7, 11) is 0. The van der Waals surface area contributed by atoms with Crippen LogP contribution in [0.4, 0.5) is 10.6 Å². The van der Waals surface area contributed by atoms with Crippen LogP contribution in [-0.4, -0.2) is 64.2 Å². The third-order valence-electron chi connectivity index (χ3n) is 7.01. The maximum absolute atomic E-state index is 12.7. The van der Waals surface area contributed by atoms with E-state index < -0.39 is 17.6 Å². The number of nitrogens with one attached hydrogen (secondary N) is 2. The number of aryl methyl sites for hydroxylation is 2. The van der Waals surface area contributed by atoms with Gasteiger partial charge in [0.15, 0.2) is 0 Å². The SMILES string of the molecule is CC(C)(C)OC(=O)N1CCC(C(=O)NC(CCCCCCCc2ccc3c(n2)NCCC3)C(=O)O)CC1. The Hall–Kier alpha value is -2.84. The van der Waals surface area contributed by atoms with E-state index in [1.807, 2.05) is 20.8 Å². The quantitative estimate of drug-likeness (QED) is 0.369. The first-order valence-corrected chi connectivity index (χ1v) is 13.9. The van der Waals surface area contributed by atoms with Crippen LogP contribution in [0.1, 0.15) is 89.8 Å². The molecule has 1 atom stereocenters. The van der Waals surface area contributed by atoms with Crippen molar-refractivity contribution in [2.45, 2.75) is 103 Å². The van der Waals surface area contributed by atoms with Gasteiger partial charge in [-0.25, -0.2) is 14.6 Å². The van der Waals surface area contributed by atoms with Crippen molar-refractivity contribution in [1.29, 1.82) is 0 Å². The number of unbranched alkanes of at least 4 members (excludes halogenated alkanes) is 4. The zero-order valence-electron chi connectivity index (χ0n) is 22.7. The summed E-state index contributed by atoms with van der Waals surface area (Å²) in [6, 6.07) is 3.45. The minimum absolute atomic E-state index is 0.233. The van der Waals surface area contributed by atoms with Gasteiger partial charge in [0.1, 0.15) is 17.5 Å². The highest BCUT2D eigenvalue weighted by atomic mass is 16.6. The molecule has 0 saturated carbocycles. The number of pyridine rings is 1. The van der Waals surface area contributed by atoms with Crippen LogP contribution in [0.25, 0.3) is 0 Å². The normalized spacial score (nSPS) is 16.9. The number of carbonyl (C=O) groups is 3. The topological polar surface area (TPSA) is 121 Å². The molecule has 3 heterocycles. The molecule has 37 heavy (non-hydrogen) atoms. The predicted molar refractivity (Wildman–Crippen MR) is 143 cm³/mol. The number of amides is 2. The summed E-state index contributed by atoms with van der Waals surface area (Å²) in [6.45, 7) is 7.33. The average Bonchev–Trinajstić information content (AvgIpc) is 2.86. The van der Waals surface area contributed by atoms with E-state index in [9.17, 15) is 19.5 Å². The smallest absolute Gasteiger partial charge is 0.410 e. The second kappa shape index (κ2) is 13.6. The number of aliphatic carboxylic acids is 1. The lowest BCUT2D eigenvalue weighted by atomic mass is 9.95. The average molecular weight is 517 g/mol. The second-order valence-corrected chi connectivity index (χ2v) is 11.3. The highest BCUT2D eigenvalue weighted by Gasteiger charge is 2.31. The fraction of sp³-hybridized carbons (Fsp3) is 0.714. The summed E-state index contributed by atoms with van der Waals surface area (Å²) < 4.78 is 5.39. The lowest BCUT2D eigenvalue weighted by molar-refractivity contribution is -0.143. The number of carbonyl (C=O) groups excluding carboxylic acids is 2. The predicted octanol–water partition coefficient (Wildman–Crippen LogP) is 4.54. The first kappa shape index (κ1) is 28.7. The van der Waals surface area contributed by atoms with Crippen molar-refractivity contribution in [2.24, 2.45) is 5.92 Å². The number of hydrogen-bond donors (Lipinski definition) is 3. The second-order valence-electron chi connectivity index (χ2n) is 11.3. The molecule has 206 valence electrons. The third kappa shape index (κ3) is 9.52. The summed E-state index contributed by atoms with van der Waals surface area (Å²) >= 11 is 0. The molecule has 1 fully saturated rings. The molecule has 1 aromatic heterocycles. The van der Waals surface area contributed by atoms with E-state index in [0.29, 0.717) is 32.4 Å². The zero-order valence-corrected chi connectivity index (χ0v) is 22.7. The van der Waals surface area contributed by atoms with Gasteiger partial charge in [-0.1, -0.05) is 31.7 Å². The Morgan fingerprint density at radius 2 is 1.84 bits per heavy atom. The number of hydrogen-bond acceptors (Lipinski definition) is 6.